The molecular formula is C20H17NO9S. The number of phenols is 4. The van der Waals surface area contributed by atoms with Crippen molar-refractivity contribution in [2.75, 3.05) is 5.75 Å². The van der Waals surface area contributed by atoms with Gasteiger partial charge in [-0.1, -0.05) is 0 Å². The minimum absolute atomic E-state index is 0.0434. The van der Waals surface area contributed by atoms with Crippen LogP contribution in [-0.2, 0) is 9.59 Å². The lowest BCUT2D eigenvalue weighted by Gasteiger charge is -2.16. The first-order chi connectivity index (χ1) is 14.6. The Labute approximate surface area is 179 Å². The predicted octanol–water partition coefficient (Wildman–Crippen LogP) is 1.62. The van der Waals surface area contributed by atoms with Gasteiger partial charge < -0.3 is 34.9 Å². The molecule has 1 atom stereocenters. The summed E-state index contributed by atoms with van der Waals surface area (Å²) >= 11 is 3.98. The van der Waals surface area contributed by atoms with Gasteiger partial charge in [0.1, 0.15) is 28.5 Å². The fourth-order valence-corrected chi connectivity index (χ4v) is 3.05. The Balaban J connectivity index is 2.25. The van der Waals surface area contributed by atoms with Crippen molar-refractivity contribution < 1.29 is 39.2 Å². The van der Waals surface area contributed by atoms with E-state index in [0.717, 1.165) is 24.3 Å². The second kappa shape index (κ2) is 8.48. The maximum atomic E-state index is 13.1. The Bertz CT molecular complexity index is 1250. The Kier molecular flexibility index (Phi) is 5.97. The summed E-state index contributed by atoms with van der Waals surface area (Å²) in [6.45, 7) is 1.18. The standard InChI is InChI=1S/C20H17NO9S/c1-8(22)21-11(7-31)20(28)30-19-17(27)16-14(26)5-10(23)6-15(16)29-18(19)9-2-3-12(24)13(25)4-9/h2-6,11,23-26,31H,7H2,1H3,(H,21,22)/t11-/m0/s1. The molecule has 0 aliphatic carbocycles. The molecular weight excluding hydrogens is 430 g/mol. The number of hydrogen-bond donors (Lipinski definition) is 6. The normalized spacial score (nSPS) is 11.8. The number of carbonyl (C=O) groups is 2. The van der Waals surface area contributed by atoms with E-state index < -0.39 is 52.1 Å². The van der Waals surface area contributed by atoms with Crippen LogP contribution in [0.25, 0.3) is 22.3 Å². The van der Waals surface area contributed by atoms with E-state index in [4.69, 9.17) is 9.15 Å². The highest BCUT2D eigenvalue weighted by Crippen LogP contribution is 2.38. The largest absolute Gasteiger partial charge is 0.508 e. The monoisotopic (exact) mass is 447 g/mol. The van der Waals surface area contributed by atoms with E-state index in [2.05, 4.69) is 17.9 Å². The molecule has 0 fully saturated rings. The van der Waals surface area contributed by atoms with Crippen molar-refractivity contribution in [1.82, 2.24) is 5.32 Å². The second-order valence-electron chi connectivity index (χ2n) is 6.49. The van der Waals surface area contributed by atoms with Crippen LogP contribution in [0.5, 0.6) is 28.7 Å². The highest BCUT2D eigenvalue weighted by atomic mass is 32.1. The van der Waals surface area contributed by atoms with Crippen LogP contribution < -0.4 is 15.5 Å². The highest BCUT2D eigenvalue weighted by molar-refractivity contribution is 7.80. The van der Waals surface area contributed by atoms with E-state index in [1.807, 2.05) is 0 Å². The third-order valence-corrected chi connectivity index (χ3v) is 4.57. The summed E-state index contributed by atoms with van der Waals surface area (Å²) in [6.07, 6.45) is 0. The van der Waals surface area contributed by atoms with Crippen molar-refractivity contribution >= 4 is 35.5 Å². The van der Waals surface area contributed by atoms with Crippen LogP contribution in [0.3, 0.4) is 0 Å². The molecule has 10 nitrogen and oxygen atoms in total. The van der Waals surface area contributed by atoms with E-state index in [9.17, 15) is 34.8 Å². The van der Waals surface area contributed by atoms with Gasteiger partial charge in [-0.25, -0.2) is 4.79 Å². The van der Waals surface area contributed by atoms with Crippen LogP contribution in [-0.4, -0.2) is 44.1 Å². The highest BCUT2D eigenvalue weighted by Gasteiger charge is 2.27. The van der Waals surface area contributed by atoms with Gasteiger partial charge in [0, 0.05) is 30.4 Å². The van der Waals surface area contributed by atoms with Gasteiger partial charge in [0.2, 0.25) is 17.1 Å². The number of fused-ring (bicyclic) bond motifs is 1. The maximum absolute atomic E-state index is 13.1. The van der Waals surface area contributed by atoms with Crippen LogP contribution in [0.2, 0.25) is 0 Å². The molecule has 0 radical (unpaired) electrons. The molecule has 0 saturated carbocycles. The first-order valence-electron chi connectivity index (χ1n) is 8.77. The quantitative estimate of drug-likeness (QED) is 0.193. The van der Waals surface area contributed by atoms with Crippen LogP contribution in [0.15, 0.2) is 39.5 Å². The lowest BCUT2D eigenvalue weighted by molar-refractivity contribution is -0.138. The molecule has 3 aromatic rings. The number of ether oxygens (including phenoxy) is 1. The van der Waals surface area contributed by atoms with Gasteiger partial charge in [-0.2, -0.15) is 12.6 Å². The molecule has 1 aromatic heterocycles. The number of rotatable bonds is 5. The van der Waals surface area contributed by atoms with Gasteiger partial charge in [0.15, 0.2) is 17.3 Å². The molecule has 11 heteroatoms. The van der Waals surface area contributed by atoms with Gasteiger partial charge in [-0.05, 0) is 18.2 Å². The van der Waals surface area contributed by atoms with Crippen LogP contribution in [0.4, 0.5) is 0 Å². The Hall–Kier alpha value is -3.86. The van der Waals surface area contributed by atoms with Crippen molar-refractivity contribution in [1.29, 1.82) is 0 Å². The van der Waals surface area contributed by atoms with Crippen LogP contribution in [0.1, 0.15) is 6.92 Å². The van der Waals surface area contributed by atoms with Gasteiger partial charge in [0.25, 0.3) is 0 Å². The number of nitrogens with one attached hydrogen (secondary N) is 1. The molecule has 162 valence electrons. The summed E-state index contributed by atoms with van der Waals surface area (Å²) in [5.74, 6) is -4.65. The van der Waals surface area contributed by atoms with Crippen molar-refractivity contribution in [2.24, 2.45) is 0 Å². The maximum Gasteiger partial charge on any atom is 0.335 e. The molecule has 2 aromatic carbocycles. The fraction of sp³-hybridized carbons (Fsp3) is 0.150. The number of benzene rings is 2. The lowest BCUT2D eigenvalue weighted by atomic mass is 10.1. The molecule has 3 rings (SSSR count). The summed E-state index contributed by atoms with van der Waals surface area (Å²) in [4.78, 5) is 36.9. The molecule has 0 unspecified atom stereocenters. The third-order valence-electron chi connectivity index (χ3n) is 4.20. The average molecular weight is 447 g/mol. The Morgan fingerprint density at radius 1 is 1.10 bits per heavy atom. The van der Waals surface area contributed by atoms with Crippen LogP contribution in [0, 0.1) is 0 Å². The predicted molar refractivity (Wildman–Crippen MR) is 112 cm³/mol. The summed E-state index contributed by atoms with van der Waals surface area (Å²) in [7, 11) is 0. The van der Waals surface area contributed by atoms with Crippen molar-refractivity contribution in [2.45, 2.75) is 13.0 Å². The van der Waals surface area contributed by atoms with Crippen molar-refractivity contribution in [3.05, 3.63) is 40.6 Å². The molecule has 5 N–H and O–H groups in total. The van der Waals surface area contributed by atoms with Crippen molar-refractivity contribution in [3.8, 4) is 40.1 Å². The third kappa shape index (κ3) is 4.36. The molecule has 1 heterocycles. The van der Waals surface area contributed by atoms with Gasteiger partial charge >= 0.3 is 5.97 Å². The lowest BCUT2D eigenvalue weighted by Crippen LogP contribution is -2.43. The molecule has 0 aliphatic heterocycles. The molecule has 0 saturated heterocycles. The number of amides is 1. The topological polar surface area (TPSA) is 167 Å². The number of phenolic OH excluding ortho intramolecular Hbond substituents is 4. The van der Waals surface area contributed by atoms with E-state index in [-0.39, 0.29) is 28.0 Å². The molecule has 0 aliphatic rings. The number of hydrogen-bond acceptors (Lipinski definition) is 10. The van der Waals surface area contributed by atoms with Crippen molar-refractivity contribution in [3.63, 3.8) is 0 Å². The van der Waals surface area contributed by atoms with Gasteiger partial charge in [0.05, 0.1) is 0 Å². The van der Waals surface area contributed by atoms with Crippen LogP contribution >= 0.6 is 12.6 Å². The summed E-state index contributed by atoms with van der Waals surface area (Å²) in [6, 6.07) is 4.25. The van der Waals surface area contributed by atoms with E-state index in [1.54, 1.807) is 0 Å². The zero-order valence-electron chi connectivity index (χ0n) is 15.9. The Morgan fingerprint density at radius 3 is 2.42 bits per heavy atom. The van der Waals surface area contributed by atoms with E-state index in [0.29, 0.717) is 0 Å². The van der Waals surface area contributed by atoms with Gasteiger partial charge in [-0.15, -0.1) is 0 Å². The van der Waals surface area contributed by atoms with E-state index in [1.165, 1.54) is 13.0 Å². The SMILES string of the molecule is CC(=O)N[C@@H](CS)C(=O)Oc1c(-c2ccc(O)c(O)c2)oc2cc(O)cc(O)c2c1=O. The summed E-state index contributed by atoms with van der Waals surface area (Å²) in [5.41, 5.74) is -1.13. The Morgan fingerprint density at radius 2 is 1.81 bits per heavy atom. The number of esters is 1. The second-order valence-corrected chi connectivity index (χ2v) is 6.85. The number of thiol groups is 1. The smallest absolute Gasteiger partial charge is 0.335 e. The minimum Gasteiger partial charge on any atom is -0.508 e. The van der Waals surface area contributed by atoms with Gasteiger partial charge in [-0.3, -0.25) is 9.59 Å². The zero-order chi connectivity index (χ0) is 22.9. The summed E-state index contributed by atoms with van der Waals surface area (Å²) < 4.78 is 10.8. The number of carbonyl (C=O) groups excluding carboxylic acids is 2. The first kappa shape index (κ1) is 21.8. The molecule has 0 spiro atoms. The molecule has 0 bridgehead atoms. The first-order valence-corrected chi connectivity index (χ1v) is 9.40. The minimum atomic E-state index is -1.19. The summed E-state index contributed by atoms with van der Waals surface area (Å²) in [5, 5.41) is 41.1. The number of aromatic hydroxyl groups is 4. The fourth-order valence-electron chi connectivity index (χ4n) is 2.81. The van der Waals surface area contributed by atoms with E-state index >= 15 is 0 Å². The zero-order valence-corrected chi connectivity index (χ0v) is 16.8. The molecule has 1 amide bonds. The average Bonchev–Trinajstić information content (AvgIpc) is 2.69. The molecule has 31 heavy (non-hydrogen) atoms.